The molecule has 1 fully saturated rings. The lowest BCUT2D eigenvalue weighted by atomic mass is 9.99. The molecule has 30 heavy (non-hydrogen) atoms. The Kier molecular flexibility index (Phi) is 5.47. The normalized spacial score (nSPS) is 16.0. The molecule has 2 heterocycles. The molecule has 2 aromatic carbocycles. The van der Waals surface area contributed by atoms with E-state index in [0.717, 1.165) is 5.56 Å². The van der Waals surface area contributed by atoms with Crippen LogP contribution in [0.2, 0.25) is 0 Å². The fourth-order valence-electron chi connectivity index (χ4n) is 3.59. The third-order valence-corrected chi connectivity index (χ3v) is 5.07. The molecule has 1 aliphatic rings. The molecule has 0 saturated carbocycles. The average Bonchev–Trinajstić information content (AvgIpc) is 3.34. The van der Waals surface area contributed by atoms with Crippen LogP contribution in [-0.4, -0.2) is 47.1 Å². The second-order valence-electron chi connectivity index (χ2n) is 7.18. The number of aromatic nitrogens is 2. The molecular formula is C22H22N4O4. The number of likely N-dealkylation sites (tertiary alicyclic amines) is 1. The Hall–Kier alpha value is -3.68. The molecular weight excluding hydrogens is 384 g/mol. The first-order valence-electron chi connectivity index (χ1n) is 9.64. The summed E-state index contributed by atoms with van der Waals surface area (Å²) in [5.41, 5.74) is 2.24. The predicted octanol–water partition coefficient (Wildman–Crippen LogP) is 3.01. The van der Waals surface area contributed by atoms with Gasteiger partial charge in [0.05, 0.1) is 19.3 Å². The number of carbonyl (C=O) groups is 2. The minimum atomic E-state index is -0.297. The van der Waals surface area contributed by atoms with Crippen molar-refractivity contribution in [3.8, 4) is 17.2 Å². The van der Waals surface area contributed by atoms with Crippen molar-refractivity contribution in [3.05, 3.63) is 60.0 Å². The van der Waals surface area contributed by atoms with Gasteiger partial charge in [0, 0.05) is 31.4 Å². The van der Waals surface area contributed by atoms with E-state index in [9.17, 15) is 9.59 Å². The molecule has 1 unspecified atom stereocenters. The van der Waals surface area contributed by atoms with E-state index >= 15 is 0 Å². The van der Waals surface area contributed by atoms with Gasteiger partial charge in [-0.3, -0.25) is 9.59 Å². The predicted molar refractivity (Wildman–Crippen MR) is 110 cm³/mol. The van der Waals surface area contributed by atoms with Gasteiger partial charge >= 0.3 is 0 Å². The molecule has 1 atom stereocenters. The van der Waals surface area contributed by atoms with Gasteiger partial charge in [0.2, 0.25) is 23.6 Å². The molecule has 0 bridgehead atoms. The lowest BCUT2D eigenvalue weighted by Crippen LogP contribution is -2.34. The number of nitrogens with zero attached hydrogens (tertiary/aromatic N) is 3. The number of aryl methyl sites for hydroxylation is 1. The summed E-state index contributed by atoms with van der Waals surface area (Å²) in [6.45, 7) is 2.21. The van der Waals surface area contributed by atoms with Gasteiger partial charge < -0.3 is 19.4 Å². The van der Waals surface area contributed by atoms with Gasteiger partial charge in [-0.05, 0) is 23.8 Å². The average molecular weight is 406 g/mol. The second kappa shape index (κ2) is 8.36. The molecule has 4 rings (SSSR count). The minimum absolute atomic E-state index is 0.0186. The van der Waals surface area contributed by atoms with Gasteiger partial charge in [-0.15, -0.1) is 10.2 Å². The van der Waals surface area contributed by atoms with Gasteiger partial charge in [-0.25, -0.2) is 0 Å². The molecule has 0 spiro atoms. The zero-order valence-electron chi connectivity index (χ0n) is 16.8. The highest BCUT2D eigenvalue weighted by Crippen LogP contribution is 2.31. The van der Waals surface area contributed by atoms with Crippen LogP contribution in [0.25, 0.3) is 11.5 Å². The summed E-state index contributed by atoms with van der Waals surface area (Å²) < 4.78 is 10.8. The Balaban J connectivity index is 1.45. The number of benzene rings is 2. The van der Waals surface area contributed by atoms with Crippen LogP contribution >= 0.6 is 0 Å². The third kappa shape index (κ3) is 4.17. The Labute approximate surface area is 173 Å². The van der Waals surface area contributed by atoms with Gasteiger partial charge in [-0.1, -0.05) is 30.3 Å². The van der Waals surface area contributed by atoms with E-state index in [0.29, 0.717) is 41.7 Å². The molecule has 8 heteroatoms. The van der Waals surface area contributed by atoms with Crippen molar-refractivity contribution in [2.45, 2.75) is 19.3 Å². The molecule has 8 nitrogen and oxygen atoms in total. The molecule has 1 N–H and O–H groups in total. The van der Waals surface area contributed by atoms with Crippen molar-refractivity contribution in [2.24, 2.45) is 0 Å². The number of methoxy groups -OCH3 is 1. The fraction of sp³-hybridized carbons (Fsp3) is 0.273. The van der Waals surface area contributed by atoms with Crippen molar-refractivity contribution in [1.29, 1.82) is 0 Å². The summed E-state index contributed by atoms with van der Waals surface area (Å²) in [5, 5.41) is 10.7. The summed E-state index contributed by atoms with van der Waals surface area (Å²) in [5.74, 6) is 1.08. The summed E-state index contributed by atoms with van der Waals surface area (Å²) in [7, 11) is 1.52. The first kappa shape index (κ1) is 19.6. The van der Waals surface area contributed by atoms with Gasteiger partial charge in [0.25, 0.3) is 0 Å². The first-order valence-corrected chi connectivity index (χ1v) is 9.64. The summed E-state index contributed by atoms with van der Waals surface area (Å²) in [6, 6.07) is 15.1. The van der Waals surface area contributed by atoms with Crippen molar-refractivity contribution in [1.82, 2.24) is 15.1 Å². The maximum Gasteiger partial charge on any atom is 0.247 e. The highest BCUT2D eigenvalue weighted by Gasteiger charge is 2.31. The topological polar surface area (TPSA) is 97.6 Å². The highest BCUT2D eigenvalue weighted by atomic mass is 16.5. The molecule has 0 radical (unpaired) electrons. The van der Waals surface area contributed by atoms with Crippen LogP contribution < -0.4 is 10.1 Å². The van der Waals surface area contributed by atoms with Crippen molar-refractivity contribution < 1.29 is 18.7 Å². The number of ether oxygens (including phenoxy) is 1. The third-order valence-electron chi connectivity index (χ3n) is 5.07. The smallest absolute Gasteiger partial charge is 0.247 e. The Bertz CT molecular complexity index is 1060. The number of nitrogens with one attached hydrogen (secondary N) is 1. The number of hydrogen-bond donors (Lipinski definition) is 1. The lowest BCUT2D eigenvalue weighted by Gasteiger charge is -2.17. The van der Waals surface area contributed by atoms with E-state index in [1.54, 1.807) is 30.0 Å². The van der Waals surface area contributed by atoms with Gasteiger partial charge in [-0.2, -0.15) is 0 Å². The van der Waals surface area contributed by atoms with Crippen LogP contribution in [0.4, 0.5) is 5.69 Å². The van der Waals surface area contributed by atoms with E-state index in [1.165, 1.54) is 7.11 Å². The molecule has 2 amide bonds. The highest BCUT2D eigenvalue weighted by molar-refractivity contribution is 5.96. The molecule has 1 aromatic heterocycles. The van der Waals surface area contributed by atoms with Gasteiger partial charge in [0.1, 0.15) is 5.75 Å². The standard InChI is InChI=1S/C22H22N4O4/c1-14-24-25-22(30-14)16-8-9-19(29-2)18(10-16)23-20(27)13-26-12-17(11-21(26)28)15-6-4-3-5-7-15/h3-10,17H,11-13H2,1-2H3,(H,23,27). The van der Waals surface area contributed by atoms with E-state index < -0.39 is 0 Å². The molecule has 154 valence electrons. The number of carbonyl (C=O) groups excluding carboxylic acids is 2. The zero-order chi connectivity index (χ0) is 21.1. The van der Waals surface area contributed by atoms with Gasteiger partial charge in [0.15, 0.2) is 0 Å². The minimum Gasteiger partial charge on any atom is -0.495 e. The van der Waals surface area contributed by atoms with Crippen molar-refractivity contribution in [3.63, 3.8) is 0 Å². The second-order valence-corrected chi connectivity index (χ2v) is 7.18. The fourth-order valence-corrected chi connectivity index (χ4v) is 3.59. The van der Waals surface area contributed by atoms with Crippen molar-refractivity contribution in [2.75, 3.05) is 25.5 Å². The van der Waals surface area contributed by atoms with E-state index in [-0.39, 0.29) is 24.3 Å². The van der Waals surface area contributed by atoms with Crippen LogP contribution in [-0.2, 0) is 9.59 Å². The summed E-state index contributed by atoms with van der Waals surface area (Å²) in [6.07, 6.45) is 0.409. The van der Waals surface area contributed by atoms with Crippen LogP contribution in [0.1, 0.15) is 23.8 Å². The molecule has 1 aliphatic heterocycles. The monoisotopic (exact) mass is 406 g/mol. The number of amides is 2. The quantitative estimate of drug-likeness (QED) is 0.676. The SMILES string of the molecule is COc1ccc(-c2nnc(C)o2)cc1NC(=O)CN1CC(c2ccccc2)CC1=O. The Morgan fingerprint density at radius 2 is 2.03 bits per heavy atom. The summed E-state index contributed by atoms with van der Waals surface area (Å²) >= 11 is 0. The molecule has 1 saturated heterocycles. The Morgan fingerprint density at radius 3 is 2.73 bits per heavy atom. The number of rotatable bonds is 6. The number of hydrogen-bond acceptors (Lipinski definition) is 6. The summed E-state index contributed by atoms with van der Waals surface area (Å²) in [4.78, 5) is 26.7. The van der Waals surface area contributed by atoms with Crippen LogP contribution in [0.3, 0.4) is 0 Å². The van der Waals surface area contributed by atoms with Crippen molar-refractivity contribution >= 4 is 17.5 Å². The lowest BCUT2D eigenvalue weighted by molar-refractivity contribution is -0.131. The zero-order valence-corrected chi connectivity index (χ0v) is 16.8. The Morgan fingerprint density at radius 1 is 1.23 bits per heavy atom. The maximum atomic E-state index is 12.7. The number of anilines is 1. The van der Waals surface area contributed by atoms with Crippen LogP contribution in [0, 0.1) is 6.92 Å². The molecule has 0 aliphatic carbocycles. The molecule has 3 aromatic rings. The largest absolute Gasteiger partial charge is 0.495 e. The van der Waals surface area contributed by atoms with E-state index in [2.05, 4.69) is 15.5 Å². The van der Waals surface area contributed by atoms with Crippen LogP contribution in [0.15, 0.2) is 52.9 Å². The van der Waals surface area contributed by atoms with E-state index in [1.807, 2.05) is 30.3 Å². The van der Waals surface area contributed by atoms with E-state index in [4.69, 9.17) is 9.15 Å². The first-order chi connectivity index (χ1) is 14.5. The van der Waals surface area contributed by atoms with Crippen LogP contribution in [0.5, 0.6) is 5.75 Å². The maximum absolute atomic E-state index is 12.7.